The van der Waals surface area contributed by atoms with E-state index in [-0.39, 0.29) is 0 Å². The third kappa shape index (κ3) is 3.50. The summed E-state index contributed by atoms with van der Waals surface area (Å²) in [5.74, 6) is 2.23. The van der Waals surface area contributed by atoms with Crippen LogP contribution in [0.2, 0.25) is 0 Å². The van der Waals surface area contributed by atoms with Crippen LogP contribution in [0.15, 0.2) is 28.9 Å². The van der Waals surface area contributed by atoms with Gasteiger partial charge in [-0.3, -0.25) is 4.98 Å². The number of aromatic nitrogens is 2. The fourth-order valence-corrected chi connectivity index (χ4v) is 3.28. The van der Waals surface area contributed by atoms with Gasteiger partial charge in [0.25, 0.3) is 0 Å². The van der Waals surface area contributed by atoms with Gasteiger partial charge < -0.3 is 9.73 Å². The van der Waals surface area contributed by atoms with Gasteiger partial charge >= 0.3 is 0 Å². The van der Waals surface area contributed by atoms with Crippen molar-refractivity contribution >= 4 is 0 Å². The summed E-state index contributed by atoms with van der Waals surface area (Å²) >= 11 is 0. The minimum atomic E-state index is 0.538. The second kappa shape index (κ2) is 6.39. The van der Waals surface area contributed by atoms with Crippen molar-refractivity contribution in [1.29, 1.82) is 0 Å². The molecular weight excluding hydrogens is 262 g/mol. The Kier molecular flexibility index (Phi) is 4.34. The molecule has 2 aromatic rings. The molecule has 0 bridgehead atoms. The summed E-state index contributed by atoms with van der Waals surface area (Å²) in [7, 11) is 0. The van der Waals surface area contributed by atoms with Crippen LogP contribution in [0.1, 0.15) is 54.5 Å². The Bertz CT molecular complexity index is 593. The van der Waals surface area contributed by atoms with Crippen molar-refractivity contribution in [2.24, 2.45) is 0 Å². The molecule has 2 atom stereocenters. The molecule has 2 heterocycles. The second-order valence-electron chi connectivity index (χ2n) is 5.99. The summed E-state index contributed by atoms with van der Waals surface area (Å²) in [6.07, 6.45) is 8.62. The molecule has 0 aromatic carbocycles. The molecule has 21 heavy (non-hydrogen) atoms. The lowest BCUT2D eigenvalue weighted by molar-refractivity contribution is 0.323. The standard InChI is InChI=1S/C17H23N3O/c1-12-5-4-8-18-17(12)14-6-3-7-15(9-14)20-11-16-10-19-13(2)21-16/h4-5,8,10,14-15,20H,3,6-7,9,11H2,1-2H3/t14-,15+/m0/s1. The lowest BCUT2D eigenvalue weighted by Crippen LogP contribution is -2.33. The van der Waals surface area contributed by atoms with Crippen LogP contribution in [0.3, 0.4) is 0 Å². The van der Waals surface area contributed by atoms with Gasteiger partial charge in [-0.25, -0.2) is 4.98 Å². The summed E-state index contributed by atoms with van der Waals surface area (Å²) in [5, 5.41) is 3.61. The van der Waals surface area contributed by atoms with Gasteiger partial charge in [-0.05, 0) is 37.8 Å². The zero-order valence-corrected chi connectivity index (χ0v) is 12.8. The van der Waals surface area contributed by atoms with Gasteiger partial charge in [-0.15, -0.1) is 0 Å². The molecule has 4 nitrogen and oxygen atoms in total. The molecule has 0 saturated heterocycles. The van der Waals surface area contributed by atoms with Crippen molar-refractivity contribution < 1.29 is 4.42 Å². The minimum Gasteiger partial charge on any atom is -0.445 e. The monoisotopic (exact) mass is 285 g/mol. The van der Waals surface area contributed by atoms with Crippen LogP contribution in [0.4, 0.5) is 0 Å². The number of pyridine rings is 1. The summed E-state index contributed by atoms with van der Waals surface area (Å²) in [5.41, 5.74) is 2.59. The smallest absolute Gasteiger partial charge is 0.191 e. The third-order valence-corrected chi connectivity index (χ3v) is 4.34. The van der Waals surface area contributed by atoms with E-state index in [1.54, 1.807) is 0 Å². The van der Waals surface area contributed by atoms with Gasteiger partial charge in [-0.2, -0.15) is 0 Å². The van der Waals surface area contributed by atoms with Crippen LogP contribution in [-0.2, 0) is 6.54 Å². The normalized spacial score (nSPS) is 22.4. The molecule has 3 rings (SSSR count). The average molecular weight is 285 g/mol. The van der Waals surface area contributed by atoms with Gasteiger partial charge in [0, 0.05) is 30.8 Å². The Morgan fingerprint density at radius 3 is 2.95 bits per heavy atom. The molecule has 1 aliphatic carbocycles. The fraction of sp³-hybridized carbons (Fsp3) is 0.529. The molecule has 0 spiro atoms. The SMILES string of the molecule is Cc1ncc(CN[C@@H]2CCC[C@H](c3ncccc3C)C2)o1. The first-order valence-corrected chi connectivity index (χ1v) is 7.78. The molecular formula is C17H23N3O. The highest BCUT2D eigenvalue weighted by atomic mass is 16.4. The predicted octanol–water partition coefficient (Wildman–Crippen LogP) is 3.50. The zero-order valence-electron chi connectivity index (χ0n) is 12.8. The highest BCUT2D eigenvalue weighted by Crippen LogP contribution is 2.33. The first kappa shape index (κ1) is 14.3. The molecule has 1 aliphatic rings. The first-order chi connectivity index (χ1) is 10.2. The van der Waals surface area contributed by atoms with Gasteiger partial charge in [0.2, 0.25) is 0 Å². The van der Waals surface area contributed by atoms with E-state index in [0.717, 1.165) is 24.6 Å². The first-order valence-electron chi connectivity index (χ1n) is 7.78. The number of rotatable bonds is 4. The molecule has 0 aliphatic heterocycles. The van der Waals surface area contributed by atoms with E-state index in [1.165, 1.54) is 30.5 Å². The maximum Gasteiger partial charge on any atom is 0.191 e. The molecule has 1 fully saturated rings. The fourth-order valence-electron chi connectivity index (χ4n) is 3.28. The lowest BCUT2D eigenvalue weighted by Gasteiger charge is -2.30. The van der Waals surface area contributed by atoms with Crippen LogP contribution >= 0.6 is 0 Å². The topological polar surface area (TPSA) is 51.0 Å². The number of nitrogens with one attached hydrogen (secondary N) is 1. The Morgan fingerprint density at radius 2 is 2.19 bits per heavy atom. The summed E-state index contributed by atoms with van der Waals surface area (Å²) in [4.78, 5) is 8.74. The third-order valence-electron chi connectivity index (χ3n) is 4.34. The number of hydrogen-bond donors (Lipinski definition) is 1. The summed E-state index contributed by atoms with van der Waals surface area (Å²) in [6, 6.07) is 4.72. The van der Waals surface area contributed by atoms with Crippen molar-refractivity contribution in [2.75, 3.05) is 0 Å². The van der Waals surface area contributed by atoms with Gasteiger partial charge in [0.05, 0.1) is 12.7 Å². The van der Waals surface area contributed by atoms with Crippen LogP contribution in [0.5, 0.6) is 0 Å². The summed E-state index contributed by atoms with van der Waals surface area (Å²) in [6.45, 7) is 4.81. The highest BCUT2D eigenvalue weighted by Gasteiger charge is 2.24. The Hall–Kier alpha value is -1.68. The van der Waals surface area contributed by atoms with Crippen molar-refractivity contribution in [3.63, 3.8) is 0 Å². The Morgan fingerprint density at radius 1 is 1.29 bits per heavy atom. The lowest BCUT2D eigenvalue weighted by atomic mass is 9.82. The van der Waals surface area contributed by atoms with E-state index >= 15 is 0 Å². The largest absolute Gasteiger partial charge is 0.445 e. The highest BCUT2D eigenvalue weighted by molar-refractivity contribution is 5.22. The van der Waals surface area contributed by atoms with Gasteiger partial charge in [0.15, 0.2) is 5.89 Å². The molecule has 112 valence electrons. The van der Waals surface area contributed by atoms with E-state index in [4.69, 9.17) is 4.42 Å². The quantitative estimate of drug-likeness (QED) is 0.934. The van der Waals surface area contributed by atoms with Crippen molar-refractivity contribution in [3.05, 3.63) is 47.4 Å². The maximum absolute atomic E-state index is 5.52. The molecule has 4 heteroatoms. The van der Waals surface area contributed by atoms with Crippen molar-refractivity contribution in [2.45, 2.75) is 58.0 Å². The number of hydrogen-bond acceptors (Lipinski definition) is 4. The maximum atomic E-state index is 5.52. The molecule has 1 N–H and O–H groups in total. The summed E-state index contributed by atoms with van der Waals surface area (Å²) < 4.78 is 5.52. The second-order valence-corrected chi connectivity index (χ2v) is 5.99. The molecule has 0 unspecified atom stereocenters. The van der Waals surface area contributed by atoms with Crippen molar-refractivity contribution in [3.8, 4) is 0 Å². The van der Waals surface area contributed by atoms with E-state index in [9.17, 15) is 0 Å². The Balaban J connectivity index is 1.59. The molecule has 1 saturated carbocycles. The predicted molar refractivity (Wildman–Crippen MR) is 82.1 cm³/mol. The van der Waals surface area contributed by atoms with E-state index in [2.05, 4.69) is 28.3 Å². The van der Waals surface area contributed by atoms with Crippen LogP contribution in [0, 0.1) is 13.8 Å². The van der Waals surface area contributed by atoms with Crippen LogP contribution in [0.25, 0.3) is 0 Å². The van der Waals surface area contributed by atoms with Crippen molar-refractivity contribution in [1.82, 2.24) is 15.3 Å². The van der Waals surface area contributed by atoms with Crippen LogP contribution < -0.4 is 5.32 Å². The van der Waals surface area contributed by atoms with Gasteiger partial charge in [-0.1, -0.05) is 12.5 Å². The van der Waals surface area contributed by atoms with E-state index in [1.807, 2.05) is 25.4 Å². The number of aryl methyl sites for hydroxylation is 2. The molecule has 0 radical (unpaired) electrons. The van der Waals surface area contributed by atoms with E-state index in [0.29, 0.717) is 12.0 Å². The minimum absolute atomic E-state index is 0.538. The van der Waals surface area contributed by atoms with Gasteiger partial charge in [0.1, 0.15) is 5.76 Å². The van der Waals surface area contributed by atoms with E-state index < -0.39 is 0 Å². The van der Waals surface area contributed by atoms with Crippen LogP contribution in [-0.4, -0.2) is 16.0 Å². The molecule has 0 amide bonds. The number of oxazole rings is 1. The zero-order chi connectivity index (χ0) is 14.7. The average Bonchev–Trinajstić information content (AvgIpc) is 2.92. The number of nitrogens with zero attached hydrogens (tertiary/aromatic N) is 2. The Labute approximate surface area is 126 Å². The molecule has 2 aromatic heterocycles.